The van der Waals surface area contributed by atoms with Crippen LogP contribution in [0.4, 0.5) is 0 Å². The van der Waals surface area contributed by atoms with E-state index < -0.39 is 0 Å². The van der Waals surface area contributed by atoms with Crippen LogP contribution in [0.2, 0.25) is 0 Å². The smallest absolute Gasteiger partial charge is 0.275 e. The second-order valence-corrected chi connectivity index (χ2v) is 4.37. The Labute approximate surface area is 102 Å². The van der Waals surface area contributed by atoms with E-state index in [0.29, 0.717) is 6.54 Å². The predicted molar refractivity (Wildman–Crippen MR) is 65.3 cm³/mol. The van der Waals surface area contributed by atoms with Gasteiger partial charge in [-0.2, -0.15) is 0 Å². The zero-order valence-corrected chi connectivity index (χ0v) is 10.2. The van der Waals surface area contributed by atoms with Crippen LogP contribution in [0.25, 0.3) is 0 Å². The highest BCUT2D eigenvalue weighted by molar-refractivity contribution is 5.77. The summed E-state index contributed by atoms with van der Waals surface area (Å²) in [7, 11) is 1.67. The van der Waals surface area contributed by atoms with Crippen molar-refractivity contribution >= 4 is 5.91 Å². The summed E-state index contributed by atoms with van der Waals surface area (Å²) in [4.78, 5) is 12.6. The number of hydrogen-bond donors (Lipinski definition) is 2. The molecule has 1 amide bonds. The van der Waals surface area contributed by atoms with Crippen molar-refractivity contribution < 1.29 is 14.4 Å². The molecule has 1 aromatic carbocycles. The Hall–Kier alpha value is -1.55. The van der Waals surface area contributed by atoms with Crippen molar-refractivity contribution in [3.63, 3.8) is 0 Å². The molecule has 1 aromatic rings. The highest BCUT2D eigenvalue weighted by atomic mass is 16.5. The van der Waals surface area contributed by atoms with Gasteiger partial charge in [-0.3, -0.25) is 4.79 Å². The van der Waals surface area contributed by atoms with Crippen molar-refractivity contribution in [1.29, 1.82) is 0 Å². The molecular formula is C13H19N2O2+. The summed E-state index contributed by atoms with van der Waals surface area (Å²) in [5, 5.41) is 2.85. The van der Waals surface area contributed by atoms with Gasteiger partial charge in [0.25, 0.3) is 5.91 Å². The van der Waals surface area contributed by atoms with E-state index in [4.69, 9.17) is 4.74 Å². The van der Waals surface area contributed by atoms with Crippen LogP contribution in [0.3, 0.4) is 0 Å². The topological polar surface area (TPSA) is 42.8 Å². The Morgan fingerprint density at radius 1 is 1.35 bits per heavy atom. The average molecular weight is 235 g/mol. The summed E-state index contributed by atoms with van der Waals surface area (Å²) in [5.41, 5.74) is 1.30. The molecule has 1 atom stereocenters. The molecule has 92 valence electrons. The Balaban J connectivity index is 1.82. The van der Waals surface area contributed by atoms with Gasteiger partial charge < -0.3 is 15.0 Å². The van der Waals surface area contributed by atoms with Gasteiger partial charge in [-0.1, -0.05) is 12.1 Å². The van der Waals surface area contributed by atoms with Crippen LogP contribution in [-0.2, 0) is 11.2 Å². The van der Waals surface area contributed by atoms with Gasteiger partial charge in [0, 0.05) is 6.42 Å². The third-order valence-corrected chi connectivity index (χ3v) is 3.14. The molecule has 0 radical (unpaired) electrons. The lowest BCUT2D eigenvalue weighted by Gasteiger charge is -2.23. The molecule has 1 fully saturated rings. The highest BCUT2D eigenvalue weighted by Gasteiger charge is 2.18. The number of ether oxygens (including phenoxy) is 1. The maximum atomic E-state index is 11.2. The Morgan fingerprint density at radius 2 is 2.12 bits per heavy atom. The van der Waals surface area contributed by atoms with Crippen LogP contribution in [-0.4, -0.2) is 39.2 Å². The molecular weight excluding hydrogens is 216 g/mol. The van der Waals surface area contributed by atoms with Gasteiger partial charge in [-0.25, -0.2) is 0 Å². The van der Waals surface area contributed by atoms with E-state index in [-0.39, 0.29) is 5.91 Å². The third kappa shape index (κ3) is 3.46. The maximum Gasteiger partial charge on any atom is 0.275 e. The normalized spacial score (nSPS) is 19.8. The van der Waals surface area contributed by atoms with Crippen molar-refractivity contribution in [2.75, 3.05) is 33.3 Å². The lowest BCUT2D eigenvalue weighted by Crippen LogP contribution is -3.15. The Kier molecular flexibility index (Phi) is 3.98. The zero-order valence-electron chi connectivity index (χ0n) is 10.2. The molecule has 0 bridgehead atoms. The molecule has 1 aliphatic rings. The van der Waals surface area contributed by atoms with Crippen LogP contribution >= 0.6 is 0 Å². The number of quaternary nitrogens is 1. The van der Waals surface area contributed by atoms with Crippen LogP contribution in [0.15, 0.2) is 24.3 Å². The average Bonchev–Trinajstić information content (AvgIpc) is 2.37. The first kappa shape index (κ1) is 11.9. The van der Waals surface area contributed by atoms with Crippen molar-refractivity contribution in [1.82, 2.24) is 5.32 Å². The molecule has 0 aliphatic carbocycles. The first-order chi connectivity index (χ1) is 8.28. The number of methoxy groups -OCH3 is 1. The first-order valence-electron chi connectivity index (χ1n) is 6.01. The van der Waals surface area contributed by atoms with Crippen LogP contribution in [0, 0.1) is 0 Å². The summed E-state index contributed by atoms with van der Waals surface area (Å²) in [5.74, 6) is 1.06. The van der Waals surface area contributed by atoms with Gasteiger partial charge in [-0.05, 0) is 17.7 Å². The molecule has 4 heteroatoms. The van der Waals surface area contributed by atoms with E-state index in [0.717, 1.165) is 31.8 Å². The molecule has 1 unspecified atom stereocenters. The number of benzene rings is 1. The number of hydrogen-bond acceptors (Lipinski definition) is 2. The van der Waals surface area contributed by atoms with E-state index >= 15 is 0 Å². The van der Waals surface area contributed by atoms with Gasteiger partial charge >= 0.3 is 0 Å². The fourth-order valence-corrected chi connectivity index (χ4v) is 2.08. The van der Waals surface area contributed by atoms with Crippen LogP contribution < -0.4 is 15.0 Å². The minimum absolute atomic E-state index is 0.168. The quantitative estimate of drug-likeness (QED) is 0.721. The number of carbonyl (C=O) groups excluding carboxylic acids is 1. The summed E-state index contributed by atoms with van der Waals surface area (Å²) in [6.45, 7) is 3.45. The van der Waals surface area contributed by atoms with Gasteiger partial charge in [0.1, 0.15) is 5.75 Å². The van der Waals surface area contributed by atoms with Gasteiger partial charge in [-0.15, -0.1) is 0 Å². The largest absolute Gasteiger partial charge is 0.497 e. The number of carbonyl (C=O) groups is 1. The van der Waals surface area contributed by atoms with Crippen LogP contribution in [0.1, 0.15) is 5.56 Å². The number of piperazine rings is 1. The highest BCUT2D eigenvalue weighted by Crippen LogP contribution is 2.10. The molecule has 0 aromatic heterocycles. The molecule has 0 saturated carbocycles. The number of amides is 1. The van der Waals surface area contributed by atoms with E-state index in [2.05, 4.69) is 17.4 Å². The summed E-state index contributed by atoms with van der Waals surface area (Å²) >= 11 is 0. The Bertz CT molecular complexity index is 376. The van der Waals surface area contributed by atoms with Gasteiger partial charge in [0.05, 0.1) is 26.7 Å². The molecule has 1 saturated heterocycles. The molecule has 2 N–H and O–H groups in total. The van der Waals surface area contributed by atoms with Gasteiger partial charge in [0.15, 0.2) is 6.54 Å². The third-order valence-electron chi connectivity index (χ3n) is 3.14. The van der Waals surface area contributed by atoms with Crippen LogP contribution in [0.5, 0.6) is 5.75 Å². The van der Waals surface area contributed by atoms with E-state index in [1.54, 1.807) is 7.11 Å². The fourth-order valence-electron chi connectivity index (χ4n) is 2.08. The minimum Gasteiger partial charge on any atom is -0.497 e. The zero-order chi connectivity index (χ0) is 12.1. The second-order valence-electron chi connectivity index (χ2n) is 4.37. The molecule has 17 heavy (non-hydrogen) atoms. The SMILES string of the molecule is COc1ccc(CC[NH+]2CCNC(=O)C2)cc1. The van der Waals surface area contributed by atoms with Crippen molar-refractivity contribution in [3.05, 3.63) is 29.8 Å². The van der Waals surface area contributed by atoms with Gasteiger partial charge in [0.2, 0.25) is 0 Å². The predicted octanol–water partition coefficient (Wildman–Crippen LogP) is -0.748. The van der Waals surface area contributed by atoms with Crippen molar-refractivity contribution in [2.45, 2.75) is 6.42 Å². The second kappa shape index (κ2) is 5.68. The lowest BCUT2D eigenvalue weighted by atomic mass is 10.1. The summed E-state index contributed by atoms with van der Waals surface area (Å²) in [6.07, 6.45) is 1.01. The molecule has 1 heterocycles. The monoisotopic (exact) mass is 235 g/mol. The molecule has 4 nitrogen and oxygen atoms in total. The number of rotatable bonds is 4. The molecule has 1 aliphatic heterocycles. The maximum absolute atomic E-state index is 11.2. The lowest BCUT2D eigenvalue weighted by molar-refractivity contribution is -0.893. The molecule has 2 rings (SSSR count). The fraction of sp³-hybridized carbons (Fsp3) is 0.462. The van der Waals surface area contributed by atoms with E-state index in [9.17, 15) is 4.79 Å². The molecule has 0 spiro atoms. The van der Waals surface area contributed by atoms with E-state index in [1.165, 1.54) is 10.5 Å². The number of nitrogens with one attached hydrogen (secondary N) is 2. The van der Waals surface area contributed by atoms with E-state index in [1.807, 2.05) is 12.1 Å². The van der Waals surface area contributed by atoms with Crippen molar-refractivity contribution in [2.24, 2.45) is 0 Å². The minimum atomic E-state index is 0.168. The summed E-state index contributed by atoms with van der Waals surface area (Å²) < 4.78 is 5.12. The van der Waals surface area contributed by atoms with Crippen molar-refractivity contribution in [3.8, 4) is 5.75 Å². The standard InChI is InChI=1S/C13H18N2O2/c1-17-12-4-2-11(3-5-12)6-8-15-9-7-14-13(16)10-15/h2-5H,6-10H2,1H3,(H,14,16)/p+1. The first-order valence-corrected chi connectivity index (χ1v) is 6.01. The summed E-state index contributed by atoms with van der Waals surface area (Å²) in [6, 6.07) is 8.13. The Morgan fingerprint density at radius 3 is 2.76 bits per heavy atom.